The Balaban J connectivity index is 1.90. The van der Waals surface area contributed by atoms with Crippen LogP contribution in [0.5, 0.6) is 0 Å². The van der Waals surface area contributed by atoms with E-state index in [1.807, 2.05) is 0 Å². The number of aliphatic hydroxyl groups is 1. The van der Waals surface area contributed by atoms with Gasteiger partial charge in [-0.25, -0.2) is 0 Å². The minimum Gasteiger partial charge on any atom is -0.463 e. The molecular weight excluding hydrogens is 283 g/mol. The second-order valence-electron chi connectivity index (χ2n) is 6.17. The molecule has 1 fully saturated rings. The Morgan fingerprint density at radius 3 is 2.62 bits per heavy atom. The van der Waals surface area contributed by atoms with E-state index in [-0.39, 0.29) is 25.4 Å². The van der Waals surface area contributed by atoms with Crippen LogP contribution in [0.25, 0.3) is 0 Å². The highest BCUT2D eigenvalue weighted by atomic mass is 19.4. The summed E-state index contributed by atoms with van der Waals surface area (Å²) in [6.45, 7) is 3.56. The third-order valence-corrected chi connectivity index (χ3v) is 4.14. The van der Waals surface area contributed by atoms with Crippen LogP contribution in [0.15, 0.2) is 16.5 Å². The van der Waals surface area contributed by atoms with Crippen molar-refractivity contribution in [3.8, 4) is 0 Å². The SMILES string of the molecule is Cc1ccc([C@](C)(O)CN[C@H]2CCC[C@H](C(F)(F)F)C2)o1. The summed E-state index contributed by atoms with van der Waals surface area (Å²) in [5.41, 5.74) is -1.22. The summed E-state index contributed by atoms with van der Waals surface area (Å²) in [4.78, 5) is 0. The normalized spacial score (nSPS) is 26.6. The molecule has 0 unspecified atom stereocenters. The lowest BCUT2D eigenvalue weighted by Crippen LogP contribution is -2.44. The fraction of sp³-hybridized carbons (Fsp3) is 0.733. The molecule has 0 aliphatic heterocycles. The summed E-state index contributed by atoms with van der Waals surface area (Å²) >= 11 is 0. The summed E-state index contributed by atoms with van der Waals surface area (Å²) in [6.07, 6.45) is -2.57. The molecule has 1 saturated carbocycles. The van der Waals surface area contributed by atoms with E-state index in [2.05, 4.69) is 5.32 Å². The van der Waals surface area contributed by atoms with Gasteiger partial charge in [0.2, 0.25) is 0 Å². The smallest absolute Gasteiger partial charge is 0.391 e. The van der Waals surface area contributed by atoms with Crippen LogP contribution in [0, 0.1) is 12.8 Å². The fourth-order valence-corrected chi connectivity index (χ4v) is 2.83. The molecule has 3 nitrogen and oxygen atoms in total. The third kappa shape index (κ3) is 4.23. The first-order chi connectivity index (χ1) is 9.68. The van der Waals surface area contributed by atoms with Crippen molar-refractivity contribution >= 4 is 0 Å². The Morgan fingerprint density at radius 2 is 2.05 bits per heavy atom. The molecule has 0 amide bonds. The van der Waals surface area contributed by atoms with Crippen LogP contribution in [0.3, 0.4) is 0 Å². The van der Waals surface area contributed by atoms with Crippen LogP contribution >= 0.6 is 0 Å². The lowest BCUT2D eigenvalue weighted by Gasteiger charge is -2.33. The summed E-state index contributed by atoms with van der Waals surface area (Å²) < 4.78 is 43.7. The predicted octanol–water partition coefficient (Wildman–Crippen LogP) is 3.51. The van der Waals surface area contributed by atoms with Gasteiger partial charge >= 0.3 is 6.18 Å². The van der Waals surface area contributed by atoms with Gasteiger partial charge in [0.1, 0.15) is 17.1 Å². The molecule has 1 aliphatic rings. The van der Waals surface area contributed by atoms with E-state index in [1.54, 1.807) is 26.0 Å². The molecule has 1 heterocycles. The highest BCUT2D eigenvalue weighted by molar-refractivity contribution is 5.13. The molecule has 2 rings (SSSR count). The van der Waals surface area contributed by atoms with E-state index >= 15 is 0 Å². The van der Waals surface area contributed by atoms with E-state index in [9.17, 15) is 18.3 Å². The van der Waals surface area contributed by atoms with Gasteiger partial charge < -0.3 is 14.8 Å². The van der Waals surface area contributed by atoms with Crippen molar-refractivity contribution in [3.63, 3.8) is 0 Å². The number of nitrogens with one attached hydrogen (secondary N) is 1. The van der Waals surface area contributed by atoms with Crippen molar-refractivity contribution in [2.24, 2.45) is 5.92 Å². The van der Waals surface area contributed by atoms with Gasteiger partial charge in [-0.3, -0.25) is 0 Å². The van der Waals surface area contributed by atoms with Crippen LogP contribution < -0.4 is 5.32 Å². The Bertz CT molecular complexity index is 468. The average Bonchev–Trinajstić information content (AvgIpc) is 2.83. The van der Waals surface area contributed by atoms with Crippen molar-refractivity contribution < 1.29 is 22.7 Å². The van der Waals surface area contributed by atoms with Gasteiger partial charge in [-0.15, -0.1) is 0 Å². The number of rotatable bonds is 4. The molecule has 2 N–H and O–H groups in total. The van der Waals surface area contributed by atoms with Gasteiger partial charge in [-0.2, -0.15) is 13.2 Å². The molecule has 1 aromatic rings. The number of aryl methyl sites for hydroxylation is 1. The van der Waals surface area contributed by atoms with Crippen molar-refractivity contribution in [1.29, 1.82) is 0 Å². The second-order valence-corrected chi connectivity index (χ2v) is 6.17. The molecule has 3 atom stereocenters. The molecular formula is C15H22F3NO2. The van der Waals surface area contributed by atoms with E-state index in [0.717, 1.165) is 0 Å². The standard InChI is InChI=1S/C15H22F3NO2/c1-10-6-7-13(21-10)14(2,20)9-19-12-5-3-4-11(8-12)15(16,17)18/h6-7,11-12,19-20H,3-5,8-9H2,1-2H3/t11-,12-,14+/m0/s1. The molecule has 6 heteroatoms. The summed E-state index contributed by atoms with van der Waals surface area (Å²) in [5, 5.41) is 13.4. The predicted molar refractivity (Wildman–Crippen MR) is 72.8 cm³/mol. The average molecular weight is 305 g/mol. The maximum atomic E-state index is 12.8. The topological polar surface area (TPSA) is 45.4 Å². The first-order valence-electron chi connectivity index (χ1n) is 7.28. The van der Waals surface area contributed by atoms with Crippen LogP contribution in [0.2, 0.25) is 0 Å². The fourth-order valence-electron chi connectivity index (χ4n) is 2.83. The number of alkyl halides is 3. The number of hydrogen-bond donors (Lipinski definition) is 2. The zero-order chi connectivity index (χ0) is 15.7. The highest BCUT2D eigenvalue weighted by Gasteiger charge is 2.42. The Hall–Kier alpha value is -1.01. The molecule has 0 radical (unpaired) electrons. The number of halogens is 3. The molecule has 120 valence electrons. The number of hydrogen-bond acceptors (Lipinski definition) is 3. The van der Waals surface area contributed by atoms with Gasteiger partial charge in [-0.1, -0.05) is 6.42 Å². The van der Waals surface area contributed by atoms with Crippen LogP contribution in [-0.2, 0) is 5.60 Å². The van der Waals surface area contributed by atoms with Crippen LogP contribution in [0.1, 0.15) is 44.1 Å². The summed E-state index contributed by atoms with van der Waals surface area (Å²) in [5.74, 6) is -0.115. The quantitative estimate of drug-likeness (QED) is 0.895. The van der Waals surface area contributed by atoms with E-state index in [0.29, 0.717) is 24.4 Å². The van der Waals surface area contributed by atoms with Crippen molar-refractivity contribution in [2.75, 3.05) is 6.54 Å². The van der Waals surface area contributed by atoms with Crippen molar-refractivity contribution in [3.05, 3.63) is 23.7 Å². The molecule has 21 heavy (non-hydrogen) atoms. The van der Waals surface area contributed by atoms with Crippen molar-refractivity contribution in [1.82, 2.24) is 5.32 Å². The van der Waals surface area contributed by atoms with Gasteiger partial charge in [0.25, 0.3) is 0 Å². The highest BCUT2D eigenvalue weighted by Crippen LogP contribution is 2.37. The Morgan fingerprint density at radius 1 is 1.33 bits per heavy atom. The largest absolute Gasteiger partial charge is 0.463 e. The second kappa shape index (κ2) is 6.01. The maximum Gasteiger partial charge on any atom is 0.391 e. The van der Waals surface area contributed by atoms with Crippen LogP contribution in [-0.4, -0.2) is 23.9 Å². The molecule has 1 aliphatic carbocycles. The molecule has 0 bridgehead atoms. The van der Waals surface area contributed by atoms with Gasteiger partial charge in [0.15, 0.2) is 0 Å². The van der Waals surface area contributed by atoms with Gasteiger partial charge in [-0.05, 0) is 45.2 Å². The first kappa shape index (κ1) is 16.4. The van der Waals surface area contributed by atoms with Crippen LogP contribution in [0.4, 0.5) is 13.2 Å². The lowest BCUT2D eigenvalue weighted by atomic mass is 9.85. The first-order valence-corrected chi connectivity index (χ1v) is 7.28. The van der Waals surface area contributed by atoms with E-state index in [4.69, 9.17) is 4.42 Å². The molecule has 0 spiro atoms. The van der Waals surface area contributed by atoms with Gasteiger partial charge in [0.05, 0.1) is 5.92 Å². The van der Waals surface area contributed by atoms with E-state index in [1.165, 1.54) is 0 Å². The van der Waals surface area contributed by atoms with E-state index < -0.39 is 17.7 Å². The zero-order valence-corrected chi connectivity index (χ0v) is 12.3. The van der Waals surface area contributed by atoms with Crippen molar-refractivity contribution in [2.45, 2.75) is 57.3 Å². The number of furan rings is 1. The molecule has 1 aromatic heterocycles. The molecule has 0 saturated heterocycles. The minimum absolute atomic E-state index is 0.0801. The lowest BCUT2D eigenvalue weighted by molar-refractivity contribution is -0.183. The zero-order valence-electron chi connectivity index (χ0n) is 12.3. The summed E-state index contributed by atoms with van der Waals surface area (Å²) in [7, 11) is 0. The Labute approximate surface area is 122 Å². The monoisotopic (exact) mass is 305 g/mol. The summed E-state index contributed by atoms with van der Waals surface area (Å²) in [6, 6.07) is 3.23. The maximum absolute atomic E-state index is 12.8. The Kier molecular flexibility index (Phi) is 4.68. The molecule has 0 aromatic carbocycles. The third-order valence-electron chi connectivity index (χ3n) is 4.14. The minimum atomic E-state index is -4.12. The van der Waals surface area contributed by atoms with Gasteiger partial charge in [0, 0.05) is 12.6 Å².